The first-order valence-electron chi connectivity index (χ1n) is 9.58. The van der Waals surface area contributed by atoms with E-state index in [0.717, 1.165) is 5.56 Å². The molecule has 0 aromatic heterocycles. The third-order valence-electron chi connectivity index (χ3n) is 4.91. The van der Waals surface area contributed by atoms with Crippen molar-refractivity contribution in [3.05, 3.63) is 111 Å². The number of nitrogens with two attached hydrogens (primary N) is 1. The minimum atomic E-state index is -0.618. The third kappa shape index (κ3) is 4.33. The van der Waals surface area contributed by atoms with Crippen molar-refractivity contribution in [2.24, 2.45) is 5.73 Å². The molecule has 0 amide bonds. The Bertz CT molecular complexity index is 1270. The maximum absolute atomic E-state index is 12.2. The van der Waals surface area contributed by atoms with Gasteiger partial charge in [0, 0.05) is 33.3 Å². The van der Waals surface area contributed by atoms with E-state index in [0.29, 0.717) is 26.9 Å². The van der Waals surface area contributed by atoms with Crippen LogP contribution in [0.1, 0.15) is 22.6 Å². The quantitative estimate of drug-likeness (QED) is 0.299. The molecule has 158 valence electrons. The monoisotopic (exact) mass is 462 g/mol. The molecule has 1 unspecified atom stereocenters. The number of carbonyl (C=O) groups is 1. The van der Waals surface area contributed by atoms with Crippen LogP contribution < -0.4 is 15.2 Å². The summed E-state index contributed by atoms with van der Waals surface area (Å²) in [5.41, 5.74) is 8.28. The number of nitrogens with zero attached hydrogens (tertiary/aromatic N) is 1. The van der Waals surface area contributed by atoms with Crippen LogP contribution in [0, 0.1) is 11.3 Å². The summed E-state index contributed by atoms with van der Waals surface area (Å²) < 4.78 is 11.1. The molecule has 0 bridgehead atoms. The maximum Gasteiger partial charge on any atom is 0.336 e. The van der Waals surface area contributed by atoms with Crippen molar-refractivity contribution in [3.8, 4) is 17.6 Å². The predicted molar refractivity (Wildman–Crippen MR) is 123 cm³/mol. The predicted octanol–water partition coefficient (Wildman–Crippen LogP) is 5.83. The second kappa shape index (κ2) is 9.19. The van der Waals surface area contributed by atoms with Gasteiger partial charge in [-0.05, 0) is 29.8 Å². The number of ether oxygens (including phenoxy) is 2. The van der Waals surface area contributed by atoms with Crippen molar-refractivity contribution >= 4 is 35.2 Å². The van der Waals surface area contributed by atoms with Crippen LogP contribution in [0.5, 0.6) is 11.5 Å². The van der Waals surface area contributed by atoms with Gasteiger partial charge in [0.05, 0.1) is 5.92 Å². The summed E-state index contributed by atoms with van der Waals surface area (Å²) in [5, 5.41) is 10.5. The highest BCUT2D eigenvalue weighted by Crippen LogP contribution is 2.47. The molecular weight excluding hydrogens is 447 g/mol. The largest absolute Gasteiger partial charge is 0.440 e. The second-order valence-corrected chi connectivity index (χ2v) is 7.74. The summed E-state index contributed by atoms with van der Waals surface area (Å²) in [6.07, 6.45) is 3.00. The van der Waals surface area contributed by atoms with Crippen LogP contribution >= 0.6 is 23.2 Å². The molecule has 3 aromatic rings. The Kier molecular flexibility index (Phi) is 6.18. The lowest BCUT2D eigenvalue weighted by Crippen LogP contribution is -2.21. The Morgan fingerprint density at radius 1 is 1.06 bits per heavy atom. The van der Waals surface area contributed by atoms with Crippen molar-refractivity contribution in [2.45, 2.75) is 5.92 Å². The van der Waals surface area contributed by atoms with Crippen molar-refractivity contribution < 1.29 is 14.3 Å². The first-order chi connectivity index (χ1) is 15.5. The zero-order valence-corrected chi connectivity index (χ0v) is 18.1. The summed E-state index contributed by atoms with van der Waals surface area (Å²) in [6, 6.07) is 21.5. The number of benzene rings is 3. The van der Waals surface area contributed by atoms with Gasteiger partial charge in [-0.1, -0.05) is 65.7 Å². The van der Waals surface area contributed by atoms with E-state index in [-0.39, 0.29) is 17.2 Å². The van der Waals surface area contributed by atoms with E-state index in [9.17, 15) is 10.1 Å². The summed E-state index contributed by atoms with van der Waals surface area (Å²) in [4.78, 5) is 12.2. The number of fused-ring (bicyclic) bond motifs is 1. The molecule has 2 N–H and O–H groups in total. The molecule has 32 heavy (non-hydrogen) atoms. The smallest absolute Gasteiger partial charge is 0.336 e. The minimum Gasteiger partial charge on any atom is -0.440 e. The topological polar surface area (TPSA) is 85.3 Å². The van der Waals surface area contributed by atoms with Crippen LogP contribution in [0.25, 0.3) is 6.08 Å². The SMILES string of the molecule is N#CC1=C(N)Oc2cc(OC(=O)/C=C/c3ccccc3)ccc2C1c1c(Cl)cccc1Cl. The van der Waals surface area contributed by atoms with E-state index < -0.39 is 11.9 Å². The number of hydrogen-bond acceptors (Lipinski definition) is 5. The van der Waals surface area contributed by atoms with Crippen LogP contribution in [0.15, 0.2) is 84.3 Å². The molecule has 1 heterocycles. The third-order valence-corrected chi connectivity index (χ3v) is 5.57. The number of rotatable bonds is 4. The standard InChI is InChI=1S/C25H16Cl2N2O3/c26-19-7-4-8-20(27)24(19)23-17-11-10-16(13-21(17)32-25(29)18(23)14-28)31-22(30)12-9-15-5-2-1-3-6-15/h1-13,23H,29H2/b12-9+. The summed E-state index contributed by atoms with van der Waals surface area (Å²) in [6.45, 7) is 0. The molecule has 1 aliphatic heterocycles. The van der Waals surface area contributed by atoms with Crippen molar-refractivity contribution in [2.75, 3.05) is 0 Å². The summed E-state index contributed by atoms with van der Waals surface area (Å²) in [5.74, 6) is -0.610. The molecule has 0 saturated carbocycles. The lowest BCUT2D eigenvalue weighted by Gasteiger charge is -2.27. The van der Waals surface area contributed by atoms with E-state index in [2.05, 4.69) is 6.07 Å². The number of allylic oxidation sites excluding steroid dienone is 1. The fourth-order valence-electron chi connectivity index (χ4n) is 3.46. The number of halogens is 2. The van der Waals surface area contributed by atoms with Gasteiger partial charge in [0.25, 0.3) is 0 Å². The molecule has 7 heteroatoms. The molecule has 1 atom stereocenters. The Morgan fingerprint density at radius 2 is 1.78 bits per heavy atom. The molecule has 0 saturated heterocycles. The highest BCUT2D eigenvalue weighted by molar-refractivity contribution is 6.36. The van der Waals surface area contributed by atoms with Gasteiger partial charge < -0.3 is 15.2 Å². The molecule has 0 fully saturated rings. The van der Waals surface area contributed by atoms with Gasteiger partial charge in [-0.25, -0.2) is 4.79 Å². The van der Waals surface area contributed by atoms with Crippen LogP contribution in [0.4, 0.5) is 0 Å². The Labute approximate surface area is 194 Å². The van der Waals surface area contributed by atoms with E-state index in [1.165, 1.54) is 6.08 Å². The lowest BCUT2D eigenvalue weighted by atomic mass is 9.83. The van der Waals surface area contributed by atoms with Crippen LogP contribution in [0.2, 0.25) is 10.0 Å². The average Bonchev–Trinajstić information content (AvgIpc) is 2.78. The highest BCUT2D eigenvalue weighted by atomic mass is 35.5. The van der Waals surface area contributed by atoms with E-state index >= 15 is 0 Å². The van der Waals surface area contributed by atoms with E-state index in [1.54, 1.807) is 42.5 Å². The van der Waals surface area contributed by atoms with Crippen LogP contribution in [0.3, 0.4) is 0 Å². The minimum absolute atomic E-state index is 0.0616. The molecule has 0 radical (unpaired) electrons. The van der Waals surface area contributed by atoms with Gasteiger partial charge >= 0.3 is 5.97 Å². The zero-order chi connectivity index (χ0) is 22.7. The van der Waals surface area contributed by atoms with Crippen LogP contribution in [-0.4, -0.2) is 5.97 Å². The highest BCUT2D eigenvalue weighted by Gasteiger charge is 2.33. The van der Waals surface area contributed by atoms with Crippen molar-refractivity contribution in [3.63, 3.8) is 0 Å². The van der Waals surface area contributed by atoms with Crippen molar-refractivity contribution in [1.82, 2.24) is 0 Å². The molecule has 4 rings (SSSR count). The van der Waals surface area contributed by atoms with Gasteiger partial charge in [-0.2, -0.15) is 5.26 Å². The number of carbonyl (C=O) groups excluding carboxylic acids is 1. The number of nitriles is 1. The molecule has 1 aliphatic rings. The average molecular weight is 463 g/mol. The Hall–Kier alpha value is -3.72. The van der Waals surface area contributed by atoms with E-state index in [1.807, 2.05) is 30.3 Å². The number of esters is 1. The van der Waals surface area contributed by atoms with Gasteiger partial charge in [-0.3, -0.25) is 0 Å². The first kappa shape index (κ1) is 21.5. The molecular formula is C25H16Cl2N2O3. The van der Waals surface area contributed by atoms with Gasteiger partial charge in [0.1, 0.15) is 23.1 Å². The van der Waals surface area contributed by atoms with E-state index in [4.69, 9.17) is 38.4 Å². The van der Waals surface area contributed by atoms with Gasteiger partial charge in [0.15, 0.2) is 0 Å². The van der Waals surface area contributed by atoms with Gasteiger partial charge in [0.2, 0.25) is 5.88 Å². The zero-order valence-electron chi connectivity index (χ0n) is 16.6. The fraction of sp³-hybridized carbons (Fsp3) is 0.0400. The lowest BCUT2D eigenvalue weighted by molar-refractivity contribution is -0.128. The Morgan fingerprint density at radius 3 is 2.47 bits per heavy atom. The Balaban J connectivity index is 1.66. The van der Waals surface area contributed by atoms with Crippen molar-refractivity contribution in [1.29, 1.82) is 5.26 Å². The second-order valence-electron chi connectivity index (χ2n) is 6.92. The molecule has 3 aromatic carbocycles. The molecule has 0 spiro atoms. The first-order valence-corrected chi connectivity index (χ1v) is 10.3. The molecule has 0 aliphatic carbocycles. The van der Waals surface area contributed by atoms with Gasteiger partial charge in [-0.15, -0.1) is 0 Å². The summed E-state index contributed by atoms with van der Waals surface area (Å²) in [7, 11) is 0. The summed E-state index contributed by atoms with van der Waals surface area (Å²) >= 11 is 12.8. The maximum atomic E-state index is 12.2. The van der Waals surface area contributed by atoms with Crippen LogP contribution in [-0.2, 0) is 4.79 Å². The normalized spacial score (nSPS) is 15.1. The fourth-order valence-corrected chi connectivity index (χ4v) is 4.08. The number of hydrogen-bond donors (Lipinski definition) is 1. The molecule has 5 nitrogen and oxygen atoms in total.